The molecule has 1 atom stereocenters. The summed E-state index contributed by atoms with van der Waals surface area (Å²) < 4.78 is 0. The summed E-state index contributed by atoms with van der Waals surface area (Å²) in [6.45, 7) is 8.11. The third-order valence-electron chi connectivity index (χ3n) is 3.59. The zero-order valence-electron chi connectivity index (χ0n) is 12.6. The van der Waals surface area contributed by atoms with Gasteiger partial charge in [0.2, 0.25) is 5.91 Å². The van der Waals surface area contributed by atoms with Crippen LogP contribution in [-0.4, -0.2) is 37.0 Å². The largest absolute Gasteiger partial charge is 0.326 e. The fourth-order valence-corrected chi connectivity index (χ4v) is 2.69. The maximum absolute atomic E-state index is 11.0. The van der Waals surface area contributed by atoms with Gasteiger partial charge in [-0.1, -0.05) is 19.1 Å². The summed E-state index contributed by atoms with van der Waals surface area (Å²) in [4.78, 5) is 13.5. The Bertz CT molecular complexity index is 419. The molecule has 2 N–H and O–H groups in total. The summed E-state index contributed by atoms with van der Waals surface area (Å²) in [5.74, 6) is -0.0260. The molecule has 0 unspecified atom stereocenters. The molecule has 0 saturated carbocycles. The van der Waals surface area contributed by atoms with Crippen molar-refractivity contribution in [1.82, 2.24) is 10.2 Å². The zero-order chi connectivity index (χ0) is 13.7. The van der Waals surface area contributed by atoms with E-state index in [9.17, 15) is 4.79 Å². The van der Waals surface area contributed by atoms with Crippen LogP contribution in [0.4, 0.5) is 5.69 Å². The normalized spacial score (nSPS) is 16.3. The van der Waals surface area contributed by atoms with Crippen molar-refractivity contribution in [3.05, 3.63) is 29.8 Å². The maximum atomic E-state index is 11.0. The molecule has 6 heteroatoms. The first-order valence-electron chi connectivity index (χ1n) is 7.03. The molecule has 1 aliphatic rings. The van der Waals surface area contributed by atoms with Gasteiger partial charge < -0.3 is 10.6 Å². The minimum absolute atomic E-state index is 0. The van der Waals surface area contributed by atoms with E-state index in [1.165, 1.54) is 12.5 Å². The predicted molar refractivity (Wildman–Crippen MR) is 92.7 cm³/mol. The van der Waals surface area contributed by atoms with E-state index in [0.29, 0.717) is 6.04 Å². The van der Waals surface area contributed by atoms with E-state index in [0.717, 1.165) is 38.3 Å². The summed E-state index contributed by atoms with van der Waals surface area (Å²) in [6, 6.07) is 8.71. The Labute approximate surface area is 139 Å². The third kappa shape index (κ3) is 5.83. The van der Waals surface area contributed by atoms with Gasteiger partial charge in [0.15, 0.2) is 0 Å². The molecule has 1 heterocycles. The average molecular weight is 334 g/mol. The molecular formula is C15H25Cl2N3O. The second-order valence-electron chi connectivity index (χ2n) is 5.01. The van der Waals surface area contributed by atoms with E-state index < -0.39 is 0 Å². The van der Waals surface area contributed by atoms with Gasteiger partial charge in [-0.05, 0) is 24.1 Å². The fourth-order valence-electron chi connectivity index (χ4n) is 2.69. The van der Waals surface area contributed by atoms with Gasteiger partial charge >= 0.3 is 0 Å². The average Bonchev–Trinajstić information content (AvgIpc) is 2.42. The molecule has 1 saturated heterocycles. The van der Waals surface area contributed by atoms with Crippen molar-refractivity contribution < 1.29 is 4.79 Å². The van der Waals surface area contributed by atoms with Gasteiger partial charge in [-0.3, -0.25) is 9.69 Å². The van der Waals surface area contributed by atoms with Gasteiger partial charge in [0.05, 0.1) is 0 Å². The lowest BCUT2D eigenvalue weighted by Gasteiger charge is -2.34. The third-order valence-corrected chi connectivity index (χ3v) is 3.59. The quantitative estimate of drug-likeness (QED) is 0.890. The zero-order valence-corrected chi connectivity index (χ0v) is 14.2. The van der Waals surface area contributed by atoms with Gasteiger partial charge in [-0.2, -0.15) is 0 Å². The van der Waals surface area contributed by atoms with Crippen LogP contribution in [0.2, 0.25) is 0 Å². The summed E-state index contributed by atoms with van der Waals surface area (Å²) in [5, 5.41) is 6.19. The van der Waals surface area contributed by atoms with Crippen LogP contribution in [0.15, 0.2) is 24.3 Å². The number of benzene rings is 1. The Morgan fingerprint density at radius 2 is 1.81 bits per heavy atom. The Morgan fingerprint density at radius 3 is 2.29 bits per heavy atom. The van der Waals surface area contributed by atoms with Gasteiger partial charge in [-0.15, -0.1) is 24.8 Å². The van der Waals surface area contributed by atoms with Gasteiger partial charge in [-0.25, -0.2) is 0 Å². The van der Waals surface area contributed by atoms with E-state index in [4.69, 9.17) is 0 Å². The Morgan fingerprint density at radius 1 is 1.24 bits per heavy atom. The van der Waals surface area contributed by atoms with E-state index in [-0.39, 0.29) is 30.7 Å². The molecule has 0 bridgehead atoms. The Balaban J connectivity index is 0.00000200. The van der Waals surface area contributed by atoms with Crippen LogP contribution in [0.3, 0.4) is 0 Å². The van der Waals surface area contributed by atoms with Crippen molar-refractivity contribution in [2.24, 2.45) is 0 Å². The summed E-state index contributed by atoms with van der Waals surface area (Å²) in [6.07, 6.45) is 1.11. The van der Waals surface area contributed by atoms with Crippen LogP contribution in [0.5, 0.6) is 0 Å². The number of hydrogen-bond donors (Lipinski definition) is 2. The monoisotopic (exact) mass is 333 g/mol. The number of hydrogen-bond acceptors (Lipinski definition) is 3. The first-order chi connectivity index (χ1) is 9.20. The SMILES string of the molecule is CC[C@H](c1ccc(NC(C)=O)cc1)N1CCNCC1.Cl.Cl. The van der Waals surface area contributed by atoms with E-state index in [2.05, 4.69) is 34.6 Å². The molecule has 1 aromatic carbocycles. The van der Waals surface area contributed by atoms with Crippen molar-refractivity contribution in [1.29, 1.82) is 0 Å². The smallest absolute Gasteiger partial charge is 0.221 e. The molecule has 1 fully saturated rings. The molecule has 21 heavy (non-hydrogen) atoms. The number of anilines is 1. The molecule has 120 valence electrons. The minimum Gasteiger partial charge on any atom is -0.326 e. The van der Waals surface area contributed by atoms with Gasteiger partial charge in [0.1, 0.15) is 0 Å². The number of carbonyl (C=O) groups is 1. The molecule has 2 rings (SSSR count). The first-order valence-corrected chi connectivity index (χ1v) is 7.03. The van der Waals surface area contributed by atoms with Gasteiger partial charge in [0.25, 0.3) is 0 Å². The standard InChI is InChI=1S/C15H23N3O.2ClH/c1-3-15(18-10-8-16-9-11-18)13-4-6-14(7-5-13)17-12(2)19;;/h4-7,15-16H,3,8-11H2,1-2H3,(H,17,19);2*1H/t15-;;/m1../s1. The van der Waals surface area contributed by atoms with E-state index in [1.807, 2.05) is 12.1 Å². The van der Waals surface area contributed by atoms with Crippen LogP contribution in [0.25, 0.3) is 0 Å². The second-order valence-corrected chi connectivity index (χ2v) is 5.01. The highest BCUT2D eigenvalue weighted by Gasteiger charge is 2.20. The lowest BCUT2D eigenvalue weighted by Crippen LogP contribution is -2.45. The first kappa shape index (κ1) is 20.2. The van der Waals surface area contributed by atoms with Crippen LogP contribution < -0.4 is 10.6 Å². The van der Waals surface area contributed by atoms with Crippen LogP contribution in [0, 0.1) is 0 Å². The number of nitrogens with one attached hydrogen (secondary N) is 2. The molecular weight excluding hydrogens is 309 g/mol. The fraction of sp³-hybridized carbons (Fsp3) is 0.533. The van der Waals surface area contributed by atoms with Crippen LogP contribution in [-0.2, 0) is 4.79 Å². The predicted octanol–water partition coefficient (Wildman–Crippen LogP) is 2.84. The molecule has 0 aliphatic carbocycles. The number of rotatable bonds is 4. The lowest BCUT2D eigenvalue weighted by molar-refractivity contribution is -0.114. The number of carbonyl (C=O) groups excluding carboxylic acids is 1. The van der Waals surface area contributed by atoms with Crippen molar-refractivity contribution in [3.8, 4) is 0 Å². The minimum atomic E-state index is -0.0260. The highest BCUT2D eigenvalue weighted by atomic mass is 35.5. The van der Waals surface area contributed by atoms with Crippen molar-refractivity contribution in [3.63, 3.8) is 0 Å². The second kappa shape index (κ2) is 10.0. The maximum Gasteiger partial charge on any atom is 0.221 e. The number of piperazine rings is 1. The lowest BCUT2D eigenvalue weighted by atomic mass is 10.0. The number of amides is 1. The topological polar surface area (TPSA) is 44.4 Å². The van der Waals surface area contributed by atoms with Gasteiger partial charge in [0, 0.05) is 44.8 Å². The van der Waals surface area contributed by atoms with E-state index in [1.54, 1.807) is 0 Å². The van der Waals surface area contributed by atoms with Crippen molar-refractivity contribution in [2.45, 2.75) is 26.3 Å². The molecule has 4 nitrogen and oxygen atoms in total. The highest BCUT2D eigenvalue weighted by Crippen LogP contribution is 2.25. The molecule has 1 amide bonds. The summed E-state index contributed by atoms with van der Waals surface area (Å²) >= 11 is 0. The molecule has 0 spiro atoms. The molecule has 0 aromatic heterocycles. The highest BCUT2D eigenvalue weighted by molar-refractivity contribution is 5.88. The molecule has 1 aromatic rings. The van der Waals surface area contributed by atoms with Crippen LogP contribution in [0.1, 0.15) is 31.9 Å². The summed E-state index contributed by atoms with van der Waals surface area (Å²) in [7, 11) is 0. The summed E-state index contributed by atoms with van der Waals surface area (Å²) in [5.41, 5.74) is 2.20. The van der Waals surface area contributed by atoms with E-state index >= 15 is 0 Å². The van der Waals surface area contributed by atoms with Crippen LogP contribution >= 0.6 is 24.8 Å². The number of nitrogens with zero attached hydrogens (tertiary/aromatic N) is 1. The van der Waals surface area contributed by atoms with Crippen molar-refractivity contribution >= 4 is 36.4 Å². The molecule has 1 aliphatic heterocycles. The Kier molecular flexibility index (Phi) is 9.62. The molecule has 0 radical (unpaired) electrons. The van der Waals surface area contributed by atoms with Crippen molar-refractivity contribution in [2.75, 3.05) is 31.5 Å². The Hall–Kier alpha value is -0.810. The number of halogens is 2.